The molecule has 1 N–H and O–H groups in total. The SMILES string of the molecule is CCOCC(NC1CC(=O)N(C2CCCC2)C1=O)C(C)C. The Labute approximate surface area is 127 Å². The van der Waals surface area contributed by atoms with Crippen molar-refractivity contribution >= 4 is 11.8 Å². The minimum absolute atomic E-state index is 0.0108. The van der Waals surface area contributed by atoms with E-state index in [1.54, 1.807) is 0 Å². The van der Waals surface area contributed by atoms with Crippen molar-refractivity contribution in [2.75, 3.05) is 13.2 Å². The summed E-state index contributed by atoms with van der Waals surface area (Å²) in [5, 5.41) is 3.35. The van der Waals surface area contributed by atoms with Crippen LogP contribution in [-0.4, -0.2) is 48.1 Å². The van der Waals surface area contributed by atoms with Gasteiger partial charge in [0.15, 0.2) is 0 Å². The first kappa shape index (κ1) is 16.4. The quantitative estimate of drug-likeness (QED) is 0.727. The second-order valence-electron chi connectivity index (χ2n) is 6.47. The van der Waals surface area contributed by atoms with Crippen LogP contribution in [0.3, 0.4) is 0 Å². The van der Waals surface area contributed by atoms with Crippen LogP contribution in [0.2, 0.25) is 0 Å². The Kier molecular flexibility index (Phi) is 5.76. The van der Waals surface area contributed by atoms with Gasteiger partial charge in [-0.3, -0.25) is 14.5 Å². The summed E-state index contributed by atoms with van der Waals surface area (Å²) >= 11 is 0. The molecular weight excluding hydrogens is 268 g/mol. The topological polar surface area (TPSA) is 58.6 Å². The Bertz CT molecular complexity index is 378. The lowest BCUT2D eigenvalue weighted by Gasteiger charge is -2.26. The van der Waals surface area contributed by atoms with E-state index in [0.717, 1.165) is 25.7 Å². The molecule has 2 aliphatic rings. The van der Waals surface area contributed by atoms with Crippen molar-refractivity contribution < 1.29 is 14.3 Å². The number of likely N-dealkylation sites (tertiary alicyclic amines) is 1. The van der Waals surface area contributed by atoms with Crippen molar-refractivity contribution in [2.24, 2.45) is 5.92 Å². The molecule has 1 saturated heterocycles. The van der Waals surface area contributed by atoms with Crippen molar-refractivity contribution in [3.05, 3.63) is 0 Å². The Hall–Kier alpha value is -0.940. The van der Waals surface area contributed by atoms with E-state index in [-0.39, 0.29) is 29.9 Å². The predicted molar refractivity (Wildman–Crippen MR) is 80.8 cm³/mol. The van der Waals surface area contributed by atoms with Gasteiger partial charge in [0.05, 0.1) is 19.1 Å². The molecule has 2 unspecified atom stereocenters. The summed E-state index contributed by atoms with van der Waals surface area (Å²) in [6.07, 6.45) is 4.48. The molecular formula is C16H28N2O3. The highest BCUT2D eigenvalue weighted by molar-refractivity contribution is 6.05. The van der Waals surface area contributed by atoms with Crippen LogP contribution in [-0.2, 0) is 14.3 Å². The number of carbonyl (C=O) groups excluding carboxylic acids is 2. The number of nitrogens with one attached hydrogen (secondary N) is 1. The number of amides is 2. The Morgan fingerprint density at radius 1 is 1.29 bits per heavy atom. The molecule has 0 aromatic rings. The Morgan fingerprint density at radius 3 is 2.52 bits per heavy atom. The summed E-state index contributed by atoms with van der Waals surface area (Å²) < 4.78 is 5.48. The molecule has 120 valence electrons. The van der Waals surface area contributed by atoms with Gasteiger partial charge < -0.3 is 10.1 Å². The van der Waals surface area contributed by atoms with Gasteiger partial charge in [0, 0.05) is 18.7 Å². The Morgan fingerprint density at radius 2 is 1.95 bits per heavy atom. The fourth-order valence-corrected chi connectivity index (χ4v) is 3.26. The number of rotatable bonds is 7. The van der Waals surface area contributed by atoms with Gasteiger partial charge in [0.2, 0.25) is 11.8 Å². The van der Waals surface area contributed by atoms with E-state index in [0.29, 0.717) is 25.6 Å². The lowest BCUT2D eigenvalue weighted by atomic mass is 10.0. The van der Waals surface area contributed by atoms with Gasteiger partial charge in [-0.25, -0.2) is 0 Å². The van der Waals surface area contributed by atoms with Crippen LogP contribution < -0.4 is 5.32 Å². The molecule has 5 heteroatoms. The largest absolute Gasteiger partial charge is 0.380 e. The minimum Gasteiger partial charge on any atom is -0.380 e. The first-order valence-corrected chi connectivity index (χ1v) is 8.24. The third-order valence-corrected chi connectivity index (χ3v) is 4.59. The van der Waals surface area contributed by atoms with Gasteiger partial charge in [-0.1, -0.05) is 26.7 Å². The van der Waals surface area contributed by atoms with E-state index in [4.69, 9.17) is 4.74 Å². The highest BCUT2D eigenvalue weighted by Crippen LogP contribution is 2.28. The van der Waals surface area contributed by atoms with Crippen molar-refractivity contribution in [2.45, 2.75) is 71.0 Å². The molecule has 2 amide bonds. The van der Waals surface area contributed by atoms with Gasteiger partial charge in [-0.05, 0) is 25.7 Å². The number of hydrogen-bond donors (Lipinski definition) is 1. The first-order chi connectivity index (χ1) is 10.0. The number of hydrogen-bond acceptors (Lipinski definition) is 4. The van der Waals surface area contributed by atoms with Crippen molar-refractivity contribution in [1.82, 2.24) is 10.2 Å². The standard InChI is InChI=1S/C16H28N2O3/c1-4-21-10-14(11(2)3)17-13-9-15(19)18(16(13)20)12-7-5-6-8-12/h11-14,17H,4-10H2,1-3H3. The maximum Gasteiger partial charge on any atom is 0.247 e. The van der Waals surface area contributed by atoms with Crippen LogP contribution in [0, 0.1) is 5.92 Å². The van der Waals surface area contributed by atoms with Gasteiger partial charge >= 0.3 is 0 Å². The zero-order chi connectivity index (χ0) is 15.4. The molecule has 1 saturated carbocycles. The summed E-state index contributed by atoms with van der Waals surface area (Å²) in [5.41, 5.74) is 0. The average molecular weight is 296 g/mol. The molecule has 0 aromatic heterocycles. The van der Waals surface area contributed by atoms with Gasteiger partial charge in [0.1, 0.15) is 0 Å². The van der Waals surface area contributed by atoms with Gasteiger partial charge in [-0.2, -0.15) is 0 Å². The summed E-state index contributed by atoms with van der Waals surface area (Å²) in [7, 11) is 0. The van der Waals surface area contributed by atoms with Crippen LogP contribution in [0.1, 0.15) is 52.9 Å². The summed E-state index contributed by atoms with van der Waals surface area (Å²) in [6, 6.07) is -0.123. The number of carbonyl (C=O) groups is 2. The van der Waals surface area contributed by atoms with E-state index in [2.05, 4.69) is 19.2 Å². The fourth-order valence-electron chi connectivity index (χ4n) is 3.26. The molecule has 1 heterocycles. The third kappa shape index (κ3) is 3.83. The van der Waals surface area contributed by atoms with Crippen LogP contribution in [0.15, 0.2) is 0 Å². The van der Waals surface area contributed by atoms with E-state index in [1.807, 2.05) is 6.92 Å². The molecule has 0 spiro atoms. The highest BCUT2D eigenvalue weighted by Gasteiger charge is 2.43. The molecule has 2 fully saturated rings. The summed E-state index contributed by atoms with van der Waals surface area (Å²) in [6.45, 7) is 7.41. The zero-order valence-electron chi connectivity index (χ0n) is 13.4. The smallest absolute Gasteiger partial charge is 0.247 e. The van der Waals surface area contributed by atoms with E-state index in [9.17, 15) is 9.59 Å². The highest BCUT2D eigenvalue weighted by atomic mass is 16.5. The van der Waals surface area contributed by atoms with Crippen molar-refractivity contribution in [3.63, 3.8) is 0 Å². The predicted octanol–water partition coefficient (Wildman–Crippen LogP) is 1.71. The zero-order valence-corrected chi connectivity index (χ0v) is 13.4. The van der Waals surface area contributed by atoms with E-state index < -0.39 is 0 Å². The molecule has 2 atom stereocenters. The average Bonchev–Trinajstić information content (AvgIpc) is 3.03. The lowest BCUT2D eigenvalue weighted by molar-refractivity contribution is -0.141. The molecule has 1 aliphatic heterocycles. The maximum atomic E-state index is 12.5. The van der Waals surface area contributed by atoms with Gasteiger partial charge in [-0.15, -0.1) is 0 Å². The molecule has 0 radical (unpaired) electrons. The van der Waals surface area contributed by atoms with Crippen molar-refractivity contribution in [3.8, 4) is 0 Å². The Balaban J connectivity index is 1.97. The maximum absolute atomic E-state index is 12.5. The molecule has 2 rings (SSSR count). The van der Waals surface area contributed by atoms with Crippen LogP contribution in [0.4, 0.5) is 0 Å². The summed E-state index contributed by atoms with van der Waals surface area (Å²) in [4.78, 5) is 26.2. The fraction of sp³-hybridized carbons (Fsp3) is 0.875. The van der Waals surface area contributed by atoms with Crippen LogP contribution in [0.5, 0.6) is 0 Å². The second-order valence-corrected chi connectivity index (χ2v) is 6.47. The number of ether oxygens (including phenoxy) is 1. The minimum atomic E-state index is -0.369. The van der Waals surface area contributed by atoms with Crippen LogP contribution >= 0.6 is 0 Å². The molecule has 0 bridgehead atoms. The lowest BCUT2D eigenvalue weighted by Crippen LogP contribution is -2.49. The third-order valence-electron chi connectivity index (χ3n) is 4.59. The summed E-state index contributed by atoms with van der Waals surface area (Å²) in [5.74, 6) is 0.317. The normalized spacial score (nSPS) is 25.3. The van der Waals surface area contributed by atoms with Gasteiger partial charge in [0.25, 0.3) is 0 Å². The monoisotopic (exact) mass is 296 g/mol. The second kappa shape index (κ2) is 7.36. The van der Waals surface area contributed by atoms with E-state index >= 15 is 0 Å². The van der Waals surface area contributed by atoms with E-state index in [1.165, 1.54) is 4.90 Å². The molecule has 1 aliphatic carbocycles. The molecule has 0 aromatic carbocycles. The first-order valence-electron chi connectivity index (χ1n) is 8.24. The van der Waals surface area contributed by atoms with Crippen molar-refractivity contribution in [1.29, 1.82) is 0 Å². The molecule has 5 nitrogen and oxygen atoms in total. The molecule has 21 heavy (non-hydrogen) atoms. The van der Waals surface area contributed by atoms with Crippen LogP contribution in [0.25, 0.3) is 0 Å². The number of imide groups is 1. The number of nitrogens with zero attached hydrogens (tertiary/aromatic N) is 1.